The molecular weight excluding hydrogens is 356 g/mol. The predicted molar refractivity (Wildman–Crippen MR) is 102 cm³/mol. The summed E-state index contributed by atoms with van der Waals surface area (Å²) in [6, 6.07) is 10.8. The molecule has 3 aromatic rings. The SMILES string of the molecule is COc1cc2nc(NN)n(CCc3ccc(Cl)cc3)c(=O)c2cc1OC. The van der Waals surface area contributed by atoms with Crippen molar-refractivity contribution in [3.8, 4) is 11.5 Å². The molecule has 0 fully saturated rings. The zero-order valence-electron chi connectivity index (χ0n) is 14.5. The maximum atomic E-state index is 13.0. The number of aryl methyl sites for hydroxylation is 1. The molecule has 1 aromatic heterocycles. The summed E-state index contributed by atoms with van der Waals surface area (Å²) in [5.41, 5.74) is 3.82. The summed E-state index contributed by atoms with van der Waals surface area (Å²) in [6.45, 7) is 0.414. The lowest BCUT2D eigenvalue weighted by molar-refractivity contribution is 0.355. The van der Waals surface area contributed by atoms with Crippen molar-refractivity contribution in [3.05, 3.63) is 57.3 Å². The Bertz CT molecular complexity index is 986. The first kappa shape index (κ1) is 18.0. The van der Waals surface area contributed by atoms with Crippen LogP contribution in [0.5, 0.6) is 11.5 Å². The quantitative estimate of drug-likeness (QED) is 0.509. The number of halogens is 1. The van der Waals surface area contributed by atoms with E-state index in [4.69, 9.17) is 26.9 Å². The van der Waals surface area contributed by atoms with E-state index in [-0.39, 0.29) is 11.5 Å². The molecule has 0 atom stereocenters. The van der Waals surface area contributed by atoms with E-state index in [1.165, 1.54) is 18.8 Å². The maximum absolute atomic E-state index is 13.0. The first-order chi connectivity index (χ1) is 12.6. The Hall–Kier alpha value is -2.77. The molecule has 3 N–H and O–H groups in total. The van der Waals surface area contributed by atoms with E-state index in [1.807, 2.05) is 24.3 Å². The van der Waals surface area contributed by atoms with Crippen LogP contribution in [-0.4, -0.2) is 23.8 Å². The number of rotatable bonds is 6. The fourth-order valence-electron chi connectivity index (χ4n) is 2.76. The van der Waals surface area contributed by atoms with Gasteiger partial charge in [-0.25, -0.2) is 10.8 Å². The second-order valence-corrected chi connectivity index (χ2v) is 6.07. The van der Waals surface area contributed by atoms with Crippen LogP contribution in [0.1, 0.15) is 5.56 Å². The van der Waals surface area contributed by atoms with Crippen LogP contribution in [0.25, 0.3) is 10.9 Å². The van der Waals surface area contributed by atoms with Crippen LogP contribution in [0.15, 0.2) is 41.2 Å². The number of nitrogen functional groups attached to an aromatic ring is 1. The normalized spacial score (nSPS) is 10.8. The molecule has 26 heavy (non-hydrogen) atoms. The molecule has 0 saturated carbocycles. The van der Waals surface area contributed by atoms with Gasteiger partial charge in [0.25, 0.3) is 5.56 Å². The molecule has 2 aromatic carbocycles. The van der Waals surface area contributed by atoms with E-state index >= 15 is 0 Å². The molecule has 0 amide bonds. The number of hydrogen-bond donors (Lipinski definition) is 2. The molecule has 0 aliphatic carbocycles. The predicted octanol–water partition coefficient (Wildman–Crippen LogP) is 2.60. The summed E-state index contributed by atoms with van der Waals surface area (Å²) in [4.78, 5) is 17.4. The number of methoxy groups -OCH3 is 2. The van der Waals surface area contributed by atoms with Crippen LogP contribution in [0.4, 0.5) is 5.95 Å². The van der Waals surface area contributed by atoms with Crippen molar-refractivity contribution in [2.24, 2.45) is 5.84 Å². The van der Waals surface area contributed by atoms with Crippen molar-refractivity contribution in [2.75, 3.05) is 19.6 Å². The van der Waals surface area contributed by atoms with Gasteiger partial charge in [-0.1, -0.05) is 23.7 Å². The molecule has 0 unspecified atom stereocenters. The summed E-state index contributed by atoms with van der Waals surface area (Å²) in [5, 5.41) is 1.10. The van der Waals surface area contributed by atoms with Crippen LogP contribution in [0, 0.1) is 0 Å². The van der Waals surface area contributed by atoms with Gasteiger partial charge in [-0.15, -0.1) is 0 Å². The van der Waals surface area contributed by atoms with Gasteiger partial charge in [-0.2, -0.15) is 0 Å². The smallest absolute Gasteiger partial charge is 0.262 e. The van der Waals surface area contributed by atoms with Crippen molar-refractivity contribution in [1.29, 1.82) is 0 Å². The number of hydrogen-bond acceptors (Lipinski definition) is 6. The summed E-state index contributed by atoms with van der Waals surface area (Å²) in [6.07, 6.45) is 0.631. The number of ether oxygens (including phenoxy) is 2. The first-order valence-corrected chi connectivity index (χ1v) is 8.32. The minimum absolute atomic E-state index is 0.210. The molecule has 0 bridgehead atoms. The largest absolute Gasteiger partial charge is 0.493 e. The van der Waals surface area contributed by atoms with E-state index < -0.39 is 0 Å². The minimum Gasteiger partial charge on any atom is -0.493 e. The van der Waals surface area contributed by atoms with E-state index in [0.29, 0.717) is 40.4 Å². The summed E-state index contributed by atoms with van der Waals surface area (Å²) in [7, 11) is 3.05. The Morgan fingerprint density at radius 1 is 1.15 bits per heavy atom. The van der Waals surface area contributed by atoms with Gasteiger partial charge in [0.15, 0.2) is 11.5 Å². The van der Waals surface area contributed by atoms with Gasteiger partial charge in [-0.3, -0.25) is 14.8 Å². The summed E-state index contributed by atoms with van der Waals surface area (Å²) >= 11 is 5.91. The topological polar surface area (TPSA) is 91.4 Å². The average Bonchev–Trinajstić information content (AvgIpc) is 2.67. The summed E-state index contributed by atoms with van der Waals surface area (Å²) < 4.78 is 12.1. The fraction of sp³-hybridized carbons (Fsp3) is 0.222. The van der Waals surface area contributed by atoms with Crippen molar-refractivity contribution in [1.82, 2.24) is 9.55 Å². The van der Waals surface area contributed by atoms with Crippen LogP contribution in [-0.2, 0) is 13.0 Å². The molecule has 1 heterocycles. The number of nitrogens with one attached hydrogen (secondary N) is 1. The number of anilines is 1. The highest BCUT2D eigenvalue weighted by Gasteiger charge is 2.14. The van der Waals surface area contributed by atoms with E-state index in [1.54, 1.807) is 12.1 Å². The van der Waals surface area contributed by atoms with Gasteiger partial charge in [0, 0.05) is 17.6 Å². The molecule has 8 heteroatoms. The van der Waals surface area contributed by atoms with Crippen LogP contribution in [0.2, 0.25) is 5.02 Å². The molecule has 0 radical (unpaired) electrons. The Morgan fingerprint density at radius 2 is 1.81 bits per heavy atom. The number of nitrogens with zero attached hydrogens (tertiary/aromatic N) is 2. The average molecular weight is 375 g/mol. The summed E-state index contributed by atoms with van der Waals surface area (Å²) in [5.74, 6) is 6.82. The van der Waals surface area contributed by atoms with Gasteiger partial charge < -0.3 is 9.47 Å². The van der Waals surface area contributed by atoms with Crippen LogP contribution < -0.4 is 26.3 Å². The lowest BCUT2D eigenvalue weighted by atomic mass is 10.1. The van der Waals surface area contributed by atoms with Crippen LogP contribution >= 0.6 is 11.6 Å². The zero-order chi connectivity index (χ0) is 18.7. The fourth-order valence-corrected chi connectivity index (χ4v) is 2.88. The number of benzene rings is 2. The van der Waals surface area contributed by atoms with Crippen molar-refractivity contribution in [2.45, 2.75) is 13.0 Å². The third-order valence-electron chi connectivity index (χ3n) is 4.13. The van der Waals surface area contributed by atoms with E-state index in [2.05, 4.69) is 10.4 Å². The van der Waals surface area contributed by atoms with Gasteiger partial charge in [0.05, 0.1) is 25.1 Å². The second-order valence-electron chi connectivity index (χ2n) is 5.64. The third-order valence-corrected chi connectivity index (χ3v) is 4.38. The Balaban J connectivity index is 2.04. The van der Waals surface area contributed by atoms with Crippen molar-refractivity contribution >= 4 is 28.5 Å². The molecule has 136 valence electrons. The Morgan fingerprint density at radius 3 is 2.42 bits per heavy atom. The molecule has 0 saturated heterocycles. The number of aromatic nitrogens is 2. The third kappa shape index (κ3) is 3.44. The zero-order valence-corrected chi connectivity index (χ0v) is 15.2. The monoisotopic (exact) mass is 374 g/mol. The van der Waals surface area contributed by atoms with Gasteiger partial charge in [0.1, 0.15) is 0 Å². The maximum Gasteiger partial charge on any atom is 0.262 e. The van der Waals surface area contributed by atoms with Gasteiger partial charge in [-0.05, 0) is 30.2 Å². The van der Waals surface area contributed by atoms with E-state index in [9.17, 15) is 4.79 Å². The number of fused-ring (bicyclic) bond motifs is 1. The second kappa shape index (κ2) is 7.63. The Labute approximate surface area is 155 Å². The molecular formula is C18H19ClN4O3. The van der Waals surface area contributed by atoms with Gasteiger partial charge >= 0.3 is 0 Å². The highest BCUT2D eigenvalue weighted by Crippen LogP contribution is 2.30. The van der Waals surface area contributed by atoms with Gasteiger partial charge in [0.2, 0.25) is 5.95 Å². The minimum atomic E-state index is -0.210. The Kier molecular flexibility index (Phi) is 5.29. The lowest BCUT2D eigenvalue weighted by Crippen LogP contribution is -2.28. The molecule has 0 spiro atoms. The number of hydrazine groups is 1. The van der Waals surface area contributed by atoms with Crippen molar-refractivity contribution in [3.63, 3.8) is 0 Å². The lowest BCUT2D eigenvalue weighted by Gasteiger charge is -2.14. The van der Waals surface area contributed by atoms with E-state index in [0.717, 1.165) is 5.56 Å². The molecule has 0 aliphatic rings. The van der Waals surface area contributed by atoms with Crippen LogP contribution in [0.3, 0.4) is 0 Å². The highest BCUT2D eigenvalue weighted by molar-refractivity contribution is 6.30. The molecule has 0 aliphatic heterocycles. The molecule has 7 nitrogen and oxygen atoms in total. The highest BCUT2D eigenvalue weighted by atomic mass is 35.5. The standard InChI is InChI=1S/C18H19ClN4O3/c1-25-15-9-13-14(10-16(15)26-2)21-18(22-20)23(17(13)24)8-7-11-3-5-12(19)6-4-11/h3-6,9-10H,7-8,20H2,1-2H3,(H,21,22). The first-order valence-electron chi connectivity index (χ1n) is 7.95. The molecule has 3 rings (SSSR count). The van der Waals surface area contributed by atoms with Crippen molar-refractivity contribution < 1.29 is 9.47 Å². The number of nitrogens with two attached hydrogens (primary N) is 1.